The fourth-order valence-electron chi connectivity index (χ4n) is 5.87. The molecule has 0 aliphatic carbocycles. The topological polar surface area (TPSA) is 8.17 Å². The van der Waals surface area contributed by atoms with Crippen LogP contribution in [0, 0.1) is 0 Å². The minimum Gasteiger partial charge on any atom is -0.345 e. The summed E-state index contributed by atoms with van der Waals surface area (Å²) in [4.78, 5) is 2.25. The van der Waals surface area contributed by atoms with E-state index in [1.54, 1.807) is 0 Å². The standard InChI is InChI=1S/C39H32N2/c1-40(33-21-16-30(17-22-33)26-29-10-4-2-5-11-29)34-23-18-31(19-24-34)27-32-20-25-37-36-14-8-9-15-38(36)41(39(37)28-32)35-12-6-3-7-13-35/h2-25,28H,26-27H2,1H3. The first-order valence-corrected chi connectivity index (χ1v) is 14.3. The second-order valence-corrected chi connectivity index (χ2v) is 10.8. The molecule has 2 heteroatoms. The lowest BCUT2D eigenvalue weighted by Crippen LogP contribution is -2.09. The average Bonchev–Trinajstić information content (AvgIpc) is 3.36. The molecular formula is C39H32N2. The maximum atomic E-state index is 2.39. The van der Waals surface area contributed by atoms with Crippen LogP contribution in [0.5, 0.6) is 0 Å². The molecule has 7 aromatic rings. The molecule has 198 valence electrons. The Morgan fingerprint density at radius 1 is 0.439 bits per heavy atom. The van der Waals surface area contributed by atoms with Gasteiger partial charge >= 0.3 is 0 Å². The zero-order valence-corrected chi connectivity index (χ0v) is 23.2. The Balaban J connectivity index is 1.12. The van der Waals surface area contributed by atoms with Gasteiger partial charge in [-0.3, -0.25) is 0 Å². The molecule has 0 aliphatic heterocycles. The summed E-state index contributed by atoms with van der Waals surface area (Å²) in [7, 11) is 2.14. The van der Waals surface area contributed by atoms with Crippen molar-refractivity contribution in [3.05, 3.63) is 174 Å². The molecule has 41 heavy (non-hydrogen) atoms. The van der Waals surface area contributed by atoms with E-state index in [9.17, 15) is 0 Å². The third kappa shape index (κ3) is 5.01. The fourth-order valence-corrected chi connectivity index (χ4v) is 5.87. The van der Waals surface area contributed by atoms with Gasteiger partial charge in [-0.15, -0.1) is 0 Å². The first kappa shape index (κ1) is 24.9. The summed E-state index contributed by atoms with van der Waals surface area (Å²) in [5.74, 6) is 0. The quantitative estimate of drug-likeness (QED) is 0.200. The van der Waals surface area contributed by atoms with Crippen LogP contribution in [0.15, 0.2) is 152 Å². The summed E-state index contributed by atoms with van der Waals surface area (Å²) in [6.45, 7) is 0. The zero-order valence-electron chi connectivity index (χ0n) is 23.2. The molecule has 0 amide bonds. The molecule has 2 nitrogen and oxygen atoms in total. The van der Waals surface area contributed by atoms with Crippen LogP contribution in [0.3, 0.4) is 0 Å². The van der Waals surface area contributed by atoms with Gasteiger partial charge in [-0.2, -0.15) is 0 Å². The van der Waals surface area contributed by atoms with E-state index in [-0.39, 0.29) is 0 Å². The molecular weight excluding hydrogens is 496 g/mol. The Morgan fingerprint density at radius 2 is 0.927 bits per heavy atom. The van der Waals surface area contributed by atoms with Crippen LogP contribution < -0.4 is 4.90 Å². The molecule has 6 aromatic carbocycles. The highest BCUT2D eigenvalue weighted by molar-refractivity contribution is 6.09. The smallest absolute Gasteiger partial charge is 0.0543 e. The van der Waals surface area contributed by atoms with E-state index in [1.807, 2.05) is 0 Å². The number of hydrogen-bond acceptors (Lipinski definition) is 1. The number of para-hydroxylation sites is 2. The van der Waals surface area contributed by atoms with Gasteiger partial charge in [0.1, 0.15) is 0 Å². The van der Waals surface area contributed by atoms with Crippen molar-refractivity contribution < 1.29 is 0 Å². The number of benzene rings is 6. The lowest BCUT2D eigenvalue weighted by atomic mass is 10.0. The largest absolute Gasteiger partial charge is 0.345 e. The van der Waals surface area contributed by atoms with Crippen molar-refractivity contribution >= 4 is 33.2 Å². The van der Waals surface area contributed by atoms with Crippen LogP contribution in [-0.4, -0.2) is 11.6 Å². The molecule has 0 unspecified atom stereocenters. The van der Waals surface area contributed by atoms with E-state index in [0.29, 0.717) is 0 Å². The van der Waals surface area contributed by atoms with E-state index in [2.05, 4.69) is 168 Å². The maximum absolute atomic E-state index is 2.39. The van der Waals surface area contributed by atoms with E-state index >= 15 is 0 Å². The summed E-state index contributed by atoms with van der Waals surface area (Å²) < 4.78 is 2.39. The normalized spacial score (nSPS) is 11.2. The molecule has 0 atom stereocenters. The molecule has 1 aromatic heterocycles. The molecule has 0 spiro atoms. The first-order chi connectivity index (χ1) is 20.2. The molecule has 0 aliphatic rings. The van der Waals surface area contributed by atoms with Gasteiger partial charge in [0.15, 0.2) is 0 Å². The van der Waals surface area contributed by atoms with E-state index < -0.39 is 0 Å². The van der Waals surface area contributed by atoms with E-state index in [4.69, 9.17) is 0 Å². The summed E-state index contributed by atoms with van der Waals surface area (Å²) in [6, 6.07) is 54.8. The van der Waals surface area contributed by atoms with Crippen LogP contribution in [0.25, 0.3) is 27.5 Å². The van der Waals surface area contributed by atoms with Crippen LogP contribution in [-0.2, 0) is 12.8 Å². The van der Waals surface area contributed by atoms with Crippen molar-refractivity contribution in [1.82, 2.24) is 4.57 Å². The Kier molecular flexibility index (Phi) is 6.58. The predicted molar refractivity (Wildman–Crippen MR) is 174 cm³/mol. The van der Waals surface area contributed by atoms with Gasteiger partial charge < -0.3 is 9.47 Å². The number of hydrogen-bond donors (Lipinski definition) is 0. The van der Waals surface area contributed by atoms with Gasteiger partial charge in [0.2, 0.25) is 0 Å². The summed E-state index contributed by atoms with van der Waals surface area (Å²) in [5.41, 5.74) is 11.3. The second-order valence-electron chi connectivity index (χ2n) is 10.8. The molecule has 0 N–H and O–H groups in total. The molecule has 0 radical (unpaired) electrons. The highest BCUT2D eigenvalue weighted by Crippen LogP contribution is 2.33. The van der Waals surface area contributed by atoms with Gasteiger partial charge in [-0.25, -0.2) is 0 Å². The fraction of sp³-hybridized carbons (Fsp3) is 0.0769. The first-order valence-electron chi connectivity index (χ1n) is 14.3. The van der Waals surface area contributed by atoms with Crippen LogP contribution >= 0.6 is 0 Å². The van der Waals surface area contributed by atoms with Crippen LogP contribution in [0.4, 0.5) is 11.4 Å². The molecule has 7 rings (SSSR count). The molecule has 0 bridgehead atoms. The van der Waals surface area contributed by atoms with Gasteiger partial charge in [-0.05, 0) is 83.6 Å². The molecule has 0 saturated carbocycles. The number of rotatable bonds is 7. The molecule has 1 heterocycles. The lowest BCUT2D eigenvalue weighted by Gasteiger charge is -2.20. The van der Waals surface area contributed by atoms with Crippen molar-refractivity contribution in [3.8, 4) is 5.69 Å². The Bertz CT molecular complexity index is 1920. The number of anilines is 2. The van der Waals surface area contributed by atoms with Gasteiger partial charge in [0.05, 0.1) is 11.0 Å². The molecule has 0 saturated heterocycles. The van der Waals surface area contributed by atoms with E-state index in [1.165, 1.54) is 61.1 Å². The van der Waals surface area contributed by atoms with Crippen molar-refractivity contribution in [2.75, 3.05) is 11.9 Å². The summed E-state index contributed by atoms with van der Waals surface area (Å²) in [6.07, 6.45) is 1.85. The van der Waals surface area contributed by atoms with Gasteiger partial charge in [0, 0.05) is 34.9 Å². The number of fused-ring (bicyclic) bond motifs is 3. The maximum Gasteiger partial charge on any atom is 0.0543 e. The van der Waals surface area contributed by atoms with Crippen LogP contribution in [0.2, 0.25) is 0 Å². The third-order valence-electron chi connectivity index (χ3n) is 8.06. The monoisotopic (exact) mass is 528 g/mol. The lowest BCUT2D eigenvalue weighted by molar-refractivity contribution is 1.15. The van der Waals surface area contributed by atoms with Gasteiger partial charge in [-0.1, -0.05) is 103 Å². The minimum atomic E-state index is 0.893. The van der Waals surface area contributed by atoms with Crippen molar-refractivity contribution in [2.45, 2.75) is 12.8 Å². The van der Waals surface area contributed by atoms with Crippen LogP contribution in [0.1, 0.15) is 22.3 Å². The van der Waals surface area contributed by atoms with Gasteiger partial charge in [0.25, 0.3) is 0 Å². The SMILES string of the molecule is CN(c1ccc(Cc2ccccc2)cc1)c1ccc(Cc2ccc3c4ccccc4n(-c4ccccc4)c3c2)cc1. The average molecular weight is 529 g/mol. The summed E-state index contributed by atoms with van der Waals surface area (Å²) >= 11 is 0. The number of nitrogens with zero attached hydrogens (tertiary/aromatic N) is 2. The minimum absolute atomic E-state index is 0.893. The Labute approximate surface area is 241 Å². The van der Waals surface area contributed by atoms with E-state index in [0.717, 1.165) is 12.8 Å². The van der Waals surface area contributed by atoms with Crippen molar-refractivity contribution in [2.24, 2.45) is 0 Å². The Hall–Kier alpha value is -5.08. The Morgan fingerprint density at radius 3 is 1.59 bits per heavy atom. The third-order valence-corrected chi connectivity index (χ3v) is 8.06. The second kappa shape index (κ2) is 10.8. The van der Waals surface area contributed by atoms with Crippen molar-refractivity contribution in [1.29, 1.82) is 0 Å². The molecule has 0 fully saturated rings. The highest BCUT2D eigenvalue weighted by atomic mass is 15.1. The predicted octanol–water partition coefficient (Wildman–Crippen LogP) is 9.73. The van der Waals surface area contributed by atoms with Crippen molar-refractivity contribution in [3.63, 3.8) is 0 Å². The number of aromatic nitrogens is 1. The zero-order chi connectivity index (χ0) is 27.6. The summed E-state index contributed by atoms with van der Waals surface area (Å²) in [5, 5.41) is 2.58. The highest BCUT2D eigenvalue weighted by Gasteiger charge is 2.13.